The molecule has 2 radical (unpaired) electrons. The number of fused-ring (bicyclic) bond motifs is 1. The SMILES string of the molecule is [B]C1(O)c2ncccc2C(=O)N1Cc1cc(F)c(B2OC(C)(C)C(C)(C)O2)cc1F. The van der Waals surface area contributed by atoms with Crippen molar-refractivity contribution >= 4 is 26.3 Å². The zero-order valence-corrected chi connectivity index (χ0v) is 17.1. The summed E-state index contributed by atoms with van der Waals surface area (Å²) in [6.07, 6.45) is 1.38. The molecular weight excluding hydrogens is 392 g/mol. The van der Waals surface area contributed by atoms with Crippen LogP contribution in [0.3, 0.4) is 0 Å². The van der Waals surface area contributed by atoms with Crippen molar-refractivity contribution in [1.29, 1.82) is 0 Å². The Morgan fingerprint density at radius 3 is 2.40 bits per heavy atom. The van der Waals surface area contributed by atoms with Crippen molar-refractivity contribution in [3.05, 3.63) is 58.9 Å². The number of rotatable bonds is 3. The van der Waals surface area contributed by atoms with E-state index in [1.54, 1.807) is 0 Å². The van der Waals surface area contributed by atoms with Crippen molar-refractivity contribution < 1.29 is 28.0 Å². The molecule has 0 bridgehead atoms. The molecule has 1 amide bonds. The van der Waals surface area contributed by atoms with Crippen LogP contribution in [0.1, 0.15) is 49.3 Å². The summed E-state index contributed by atoms with van der Waals surface area (Å²) in [5.41, 5.74) is -3.83. The van der Waals surface area contributed by atoms with Crippen LogP contribution in [0.15, 0.2) is 30.5 Å². The van der Waals surface area contributed by atoms with Crippen LogP contribution >= 0.6 is 0 Å². The molecule has 10 heteroatoms. The minimum Gasteiger partial charge on any atom is -0.399 e. The Morgan fingerprint density at radius 2 is 1.80 bits per heavy atom. The lowest BCUT2D eigenvalue weighted by Gasteiger charge is -2.32. The molecule has 3 heterocycles. The number of hydrogen-bond donors (Lipinski definition) is 1. The summed E-state index contributed by atoms with van der Waals surface area (Å²) in [6.45, 7) is 6.78. The van der Waals surface area contributed by atoms with Gasteiger partial charge >= 0.3 is 7.12 Å². The van der Waals surface area contributed by atoms with Crippen molar-refractivity contribution in [3.63, 3.8) is 0 Å². The highest BCUT2D eigenvalue weighted by molar-refractivity contribution is 6.62. The molecule has 1 N–H and O–H groups in total. The second-order valence-electron chi connectivity index (χ2n) is 8.57. The zero-order chi connectivity index (χ0) is 22.1. The lowest BCUT2D eigenvalue weighted by Crippen LogP contribution is -2.44. The van der Waals surface area contributed by atoms with E-state index < -0.39 is 48.0 Å². The van der Waals surface area contributed by atoms with Crippen LogP contribution in [0.4, 0.5) is 8.78 Å². The molecule has 1 fully saturated rings. The van der Waals surface area contributed by atoms with Crippen molar-refractivity contribution in [3.8, 4) is 0 Å². The number of carbonyl (C=O) groups excluding carboxylic acids is 1. The van der Waals surface area contributed by atoms with Crippen LogP contribution in [0.25, 0.3) is 0 Å². The Kier molecular flexibility index (Phi) is 4.61. The van der Waals surface area contributed by atoms with Gasteiger partial charge in [0.05, 0.1) is 29.0 Å². The van der Waals surface area contributed by atoms with Crippen LogP contribution in [-0.2, 0) is 21.5 Å². The molecular formula is C20H20B2F2N2O4. The highest BCUT2D eigenvalue weighted by Crippen LogP contribution is 2.37. The Hall–Kier alpha value is -2.29. The summed E-state index contributed by atoms with van der Waals surface area (Å²) in [7, 11) is 4.81. The average Bonchev–Trinajstić information content (AvgIpc) is 2.98. The second-order valence-corrected chi connectivity index (χ2v) is 8.57. The molecule has 0 aliphatic carbocycles. The molecule has 2 aromatic rings. The average molecular weight is 412 g/mol. The van der Waals surface area contributed by atoms with Gasteiger partial charge in [0.1, 0.15) is 17.3 Å². The molecule has 1 aromatic heterocycles. The fourth-order valence-corrected chi connectivity index (χ4v) is 3.54. The molecule has 1 atom stereocenters. The van der Waals surface area contributed by atoms with E-state index in [1.807, 2.05) is 27.7 Å². The summed E-state index contributed by atoms with van der Waals surface area (Å²) in [5.74, 6) is -2.17. The molecule has 6 nitrogen and oxygen atoms in total. The van der Waals surface area contributed by atoms with Crippen molar-refractivity contribution in [2.45, 2.75) is 51.1 Å². The fourth-order valence-electron chi connectivity index (χ4n) is 3.54. The normalized spacial score (nSPS) is 24.4. The molecule has 1 unspecified atom stereocenters. The van der Waals surface area contributed by atoms with Crippen LogP contribution in [-0.4, -0.2) is 47.1 Å². The van der Waals surface area contributed by atoms with E-state index in [0.717, 1.165) is 17.0 Å². The van der Waals surface area contributed by atoms with Gasteiger partial charge in [-0.25, -0.2) is 8.78 Å². The van der Waals surface area contributed by atoms with Gasteiger partial charge in [0.25, 0.3) is 5.91 Å². The van der Waals surface area contributed by atoms with E-state index in [4.69, 9.17) is 17.2 Å². The Labute approximate surface area is 174 Å². The summed E-state index contributed by atoms with van der Waals surface area (Å²) in [5, 5.41) is 10.6. The number of aromatic nitrogens is 1. The van der Waals surface area contributed by atoms with E-state index in [0.29, 0.717) is 0 Å². The Bertz CT molecular complexity index is 1030. The highest BCUT2D eigenvalue weighted by Gasteiger charge is 2.52. The molecule has 154 valence electrons. The van der Waals surface area contributed by atoms with Gasteiger partial charge in [0.2, 0.25) is 0 Å². The van der Waals surface area contributed by atoms with E-state index in [-0.39, 0.29) is 22.3 Å². The van der Waals surface area contributed by atoms with E-state index in [9.17, 15) is 18.7 Å². The van der Waals surface area contributed by atoms with Crippen molar-refractivity contribution in [2.75, 3.05) is 0 Å². The number of nitrogens with zero attached hydrogens (tertiary/aromatic N) is 2. The number of halogens is 2. The fraction of sp³-hybridized carbons (Fsp3) is 0.400. The lowest BCUT2D eigenvalue weighted by atomic mass is 9.78. The van der Waals surface area contributed by atoms with Gasteiger partial charge in [0, 0.05) is 17.2 Å². The predicted molar refractivity (Wildman–Crippen MR) is 106 cm³/mol. The number of benzene rings is 1. The van der Waals surface area contributed by atoms with Gasteiger partial charge in [-0.15, -0.1) is 0 Å². The molecule has 1 aromatic carbocycles. The summed E-state index contributed by atoms with van der Waals surface area (Å²) in [4.78, 5) is 17.4. The smallest absolute Gasteiger partial charge is 0.399 e. The predicted octanol–water partition coefficient (Wildman–Crippen LogP) is 1.59. The van der Waals surface area contributed by atoms with E-state index in [2.05, 4.69) is 4.98 Å². The number of pyridine rings is 1. The van der Waals surface area contributed by atoms with Gasteiger partial charge in [0.15, 0.2) is 7.85 Å². The molecule has 30 heavy (non-hydrogen) atoms. The second kappa shape index (κ2) is 6.60. The number of hydrogen-bond acceptors (Lipinski definition) is 5. The topological polar surface area (TPSA) is 71.9 Å². The quantitative estimate of drug-likeness (QED) is 0.776. The lowest BCUT2D eigenvalue weighted by molar-refractivity contribution is -0.0228. The van der Waals surface area contributed by atoms with Gasteiger partial charge in [-0.3, -0.25) is 9.78 Å². The monoisotopic (exact) mass is 412 g/mol. The Balaban J connectivity index is 1.64. The summed E-state index contributed by atoms with van der Waals surface area (Å²) in [6, 6.07) is 4.92. The first-order valence-corrected chi connectivity index (χ1v) is 9.47. The number of amides is 1. The maximum atomic E-state index is 14.9. The third kappa shape index (κ3) is 3.05. The van der Waals surface area contributed by atoms with Gasteiger partial charge in [-0.05, 0) is 52.0 Å². The third-order valence-corrected chi connectivity index (χ3v) is 6.04. The van der Waals surface area contributed by atoms with Gasteiger partial charge in [-0.2, -0.15) is 0 Å². The van der Waals surface area contributed by atoms with Crippen LogP contribution in [0.5, 0.6) is 0 Å². The maximum Gasteiger partial charge on any atom is 0.497 e. The largest absolute Gasteiger partial charge is 0.497 e. The molecule has 2 aliphatic rings. The van der Waals surface area contributed by atoms with Crippen LogP contribution in [0, 0.1) is 11.6 Å². The zero-order valence-electron chi connectivity index (χ0n) is 17.1. The van der Waals surface area contributed by atoms with Crippen molar-refractivity contribution in [2.24, 2.45) is 0 Å². The summed E-state index contributed by atoms with van der Waals surface area (Å²) >= 11 is 0. The standard InChI is InChI=1S/C20H20B2F2N2O4/c1-18(2)19(3,4)30-22(29-18)13-9-14(23)11(8-15(13)24)10-26-17(27)12-6-5-7-25-16(12)20(26,21)28/h5-9,28H,10H2,1-4H3. The minimum absolute atomic E-state index is 0.0373. The van der Waals surface area contributed by atoms with Crippen LogP contribution in [0.2, 0.25) is 0 Å². The van der Waals surface area contributed by atoms with Gasteiger partial charge in [-0.1, -0.05) is 0 Å². The highest BCUT2D eigenvalue weighted by atomic mass is 19.1. The van der Waals surface area contributed by atoms with E-state index in [1.165, 1.54) is 18.3 Å². The number of carbonyl (C=O) groups is 1. The Morgan fingerprint density at radius 1 is 1.17 bits per heavy atom. The van der Waals surface area contributed by atoms with E-state index >= 15 is 0 Å². The van der Waals surface area contributed by atoms with Crippen LogP contribution < -0.4 is 5.46 Å². The third-order valence-electron chi connectivity index (χ3n) is 6.04. The first-order chi connectivity index (χ1) is 13.8. The molecule has 4 rings (SSSR count). The molecule has 1 saturated heterocycles. The first kappa shape index (κ1) is 21.0. The molecule has 2 aliphatic heterocycles. The first-order valence-electron chi connectivity index (χ1n) is 9.47. The molecule has 0 spiro atoms. The molecule has 0 saturated carbocycles. The number of aliphatic hydroxyl groups is 1. The summed E-state index contributed by atoms with van der Waals surface area (Å²) < 4.78 is 41.3. The maximum absolute atomic E-state index is 14.9. The minimum atomic E-state index is -2.24. The van der Waals surface area contributed by atoms with Crippen molar-refractivity contribution in [1.82, 2.24) is 9.88 Å². The van der Waals surface area contributed by atoms with Gasteiger partial charge < -0.3 is 19.3 Å².